The molecule has 1 aromatic rings. The second-order valence-electron chi connectivity index (χ2n) is 5.34. The van der Waals surface area contributed by atoms with Crippen molar-refractivity contribution in [2.45, 2.75) is 46.7 Å². The second-order valence-corrected chi connectivity index (χ2v) is 5.75. The largest absolute Gasteiger partial charge is 0.323 e. The maximum Gasteiger partial charge on any atom is 0.238 e. The summed E-state index contributed by atoms with van der Waals surface area (Å²) >= 11 is 6.11. The summed E-state index contributed by atoms with van der Waals surface area (Å²) in [4.78, 5) is 14.3. The van der Waals surface area contributed by atoms with Crippen molar-refractivity contribution in [3.05, 3.63) is 28.8 Å². The second kappa shape index (κ2) is 8.50. The first-order valence-corrected chi connectivity index (χ1v) is 7.01. The average Bonchev–Trinajstić information content (AvgIpc) is 2.30. The molecule has 0 bridgehead atoms. The molecule has 1 N–H and O–H groups in total. The molecule has 1 aromatic carbocycles. The zero-order valence-electron chi connectivity index (χ0n) is 12.7. The van der Waals surface area contributed by atoms with Crippen molar-refractivity contribution < 1.29 is 4.79 Å². The maximum atomic E-state index is 12.1. The number of aryl methyl sites for hydroxylation is 1. The van der Waals surface area contributed by atoms with Crippen LogP contribution in [0.5, 0.6) is 0 Å². The summed E-state index contributed by atoms with van der Waals surface area (Å²) in [5, 5.41) is 3.48. The van der Waals surface area contributed by atoms with Crippen molar-refractivity contribution in [3.8, 4) is 0 Å². The molecule has 0 aliphatic heterocycles. The Morgan fingerprint density at radius 2 is 1.80 bits per heavy atom. The quantitative estimate of drug-likeness (QED) is 0.885. The number of hydrogen-bond donors (Lipinski definition) is 1. The summed E-state index contributed by atoms with van der Waals surface area (Å²) in [6.45, 7) is 10.7. The van der Waals surface area contributed by atoms with E-state index in [-0.39, 0.29) is 18.3 Å². The van der Waals surface area contributed by atoms with Crippen molar-refractivity contribution in [1.82, 2.24) is 4.90 Å². The third kappa shape index (κ3) is 5.31. The van der Waals surface area contributed by atoms with E-state index in [1.165, 1.54) is 0 Å². The molecule has 5 heteroatoms. The summed E-state index contributed by atoms with van der Waals surface area (Å²) in [6, 6.07) is 6.26. The van der Waals surface area contributed by atoms with Crippen molar-refractivity contribution in [3.63, 3.8) is 0 Å². The van der Waals surface area contributed by atoms with Crippen LogP contribution in [0.3, 0.4) is 0 Å². The van der Waals surface area contributed by atoms with Gasteiger partial charge in [0.2, 0.25) is 5.91 Å². The standard InChI is InChI=1S/C15H23ClN2O.ClH/c1-10(2)18(11(3)4)9-14(19)17-15-12(5)7-6-8-13(15)16;/h6-8,10-11H,9H2,1-5H3,(H,17,19);1H. The van der Waals surface area contributed by atoms with Gasteiger partial charge in [-0.1, -0.05) is 23.7 Å². The van der Waals surface area contributed by atoms with E-state index < -0.39 is 0 Å². The first-order valence-electron chi connectivity index (χ1n) is 6.63. The molecule has 1 amide bonds. The van der Waals surface area contributed by atoms with Gasteiger partial charge in [-0.25, -0.2) is 0 Å². The van der Waals surface area contributed by atoms with Gasteiger partial charge in [-0.3, -0.25) is 9.69 Å². The van der Waals surface area contributed by atoms with Crippen molar-refractivity contribution in [2.24, 2.45) is 0 Å². The van der Waals surface area contributed by atoms with Gasteiger partial charge in [-0.2, -0.15) is 0 Å². The van der Waals surface area contributed by atoms with Gasteiger partial charge in [0.05, 0.1) is 17.3 Å². The summed E-state index contributed by atoms with van der Waals surface area (Å²) in [6.07, 6.45) is 0. The summed E-state index contributed by atoms with van der Waals surface area (Å²) in [7, 11) is 0. The molecule has 114 valence electrons. The molecule has 0 heterocycles. The molecule has 0 aliphatic carbocycles. The minimum absolute atomic E-state index is 0. The van der Waals surface area contributed by atoms with E-state index in [1.54, 1.807) is 6.07 Å². The number of anilines is 1. The Morgan fingerprint density at radius 1 is 1.25 bits per heavy atom. The topological polar surface area (TPSA) is 32.3 Å². The molecule has 0 saturated carbocycles. The monoisotopic (exact) mass is 318 g/mol. The molecule has 0 aliphatic rings. The molecule has 1 rings (SSSR count). The molecule has 0 atom stereocenters. The van der Waals surface area contributed by atoms with Gasteiger partial charge in [0.15, 0.2) is 0 Å². The lowest BCUT2D eigenvalue weighted by molar-refractivity contribution is -0.118. The minimum atomic E-state index is -0.0291. The van der Waals surface area contributed by atoms with E-state index in [1.807, 2.05) is 19.1 Å². The molecule has 0 aromatic heterocycles. The molecule has 0 radical (unpaired) electrons. The van der Waals surface area contributed by atoms with Crippen LogP contribution in [0.2, 0.25) is 5.02 Å². The summed E-state index contributed by atoms with van der Waals surface area (Å²) in [5.74, 6) is -0.0291. The van der Waals surface area contributed by atoms with E-state index in [9.17, 15) is 4.79 Å². The van der Waals surface area contributed by atoms with Crippen LogP contribution in [0.4, 0.5) is 5.69 Å². The lowest BCUT2D eigenvalue weighted by Crippen LogP contribution is -2.42. The van der Waals surface area contributed by atoms with Gasteiger partial charge in [-0.15, -0.1) is 12.4 Å². The number of benzene rings is 1. The Bertz CT molecular complexity index is 419. The van der Waals surface area contributed by atoms with Gasteiger partial charge < -0.3 is 5.32 Å². The first-order chi connectivity index (χ1) is 8.82. The lowest BCUT2D eigenvalue weighted by Gasteiger charge is -2.29. The van der Waals surface area contributed by atoms with Gasteiger partial charge in [0.1, 0.15) is 0 Å². The molecule has 0 unspecified atom stereocenters. The van der Waals surface area contributed by atoms with Gasteiger partial charge in [-0.05, 0) is 46.2 Å². The van der Waals surface area contributed by atoms with Crippen LogP contribution < -0.4 is 5.32 Å². The smallest absolute Gasteiger partial charge is 0.238 e. The van der Waals surface area contributed by atoms with Crippen LogP contribution in [0.1, 0.15) is 33.3 Å². The van der Waals surface area contributed by atoms with Crippen molar-refractivity contribution in [1.29, 1.82) is 0 Å². The van der Waals surface area contributed by atoms with E-state index in [0.717, 1.165) is 5.56 Å². The van der Waals surface area contributed by atoms with Crippen LogP contribution >= 0.6 is 24.0 Å². The number of para-hydroxylation sites is 1. The Balaban J connectivity index is 0.00000361. The first kappa shape index (κ1) is 19.2. The Labute approximate surface area is 133 Å². The number of carbonyl (C=O) groups excluding carboxylic acids is 1. The zero-order valence-corrected chi connectivity index (χ0v) is 14.3. The number of hydrogen-bond acceptors (Lipinski definition) is 2. The Kier molecular flexibility index (Phi) is 8.17. The highest BCUT2D eigenvalue weighted by atomic mass is 35.5. The number of amides is 1. The average molecular weight is 319 g/mol. The Hall–Kier alpha value is -0.770. The highest BCUT2D eigenvalue weighted by molar-refractivity contribution is 6.33. The number of carbonyl (C=O) groups is 1. The predicted octanol–water partition coefficient (Wildman–Crippen LogP) is 4.13. The number of nitrogens with one attached hydrogen (secondary N) is 1. The van der Waals surface area contributed by atoms with E-state index >= 15 is 0 Å². The summed E-state index contributed by atoms with van der Waals surface area (Å²) in [5.41, 5.74) is 1.68. The fourth-order valence-corrected chi connectivity index (χ4v) is 2.37. The summed E-state index contributed by atoms with van der Waals surface area (Å²) < 4.78 is 0. The molecule has 3 nitrogen and oxygen atoms in total. The zero-order chi connectivity index (χ0) is 14.6. The third-order valence-electron chi connectivity index (χ3n) is 3.14. The molecular formula is C15H24Cl2N2O. The molecule has 20 heavy (non-hydrogen) atoms. The highest BCUT2D eigenvalue weighted by Crippen LogP contribution is 2.25. The van der Waals surface area contributed by atoms with Gasteiger partial charge in [0.25, 0.3) is 0 Å². The molecular weight excluding hydrogens is 295 g/mol. The van der Waals surface area contributed by atoms with E-state index in [2.05, 4.69) is 37.9 Å². The lowest BCUT2D eigenvalue weighted by atomic mass is 10.2. The van der Waals surface area contributed by atoms with Crippen LogP contribution in [0.15, 0.2) is 18.2 Å². The molecule has 0 saturated heterocycles. The fourth-order valence-electron chi connectivity index (χ4n) is 2.10. The van der Waals surface area contributed by atoms with Crippen LogP contribution in [-0.2, 0) is 4.79 Å². The molecule has 0 fully saturated rings. The van der Waals surface area contributed by atoms with Crippen molar-refractivity contribution in [2.75, 3.05) is 11.9 Å². The number of halogens is 2. The third-order valence-corrected chi connectivity index (χ3v) is 3.45. The minimum Gasteiger partial charge on any atom is -0.323 e. The number of rotatable bonds is 5. The fraction of sp³-hybridized carbons (Fsp3) is 0.533. The predicted molar refractivity (Wildman–Crippen MR) is 89.0 cm³/mol. The maximum absolute atomic E-state index is 12.1. The molecule has 0 spiro atoms. The highest BCUT2D eigenvalue weighted by Gasteiger charge is 2.18. The van der Waals surface area contributed by atoms with Crippen molar-refractivity contribution >= 4 is 35.6 Å². The normalized spacial score (nSPS) is 10.8. The van der Waals surface area contributed by atoms with Gasteiger partial charge >= 0.3 is 0 Å². The van der Waals surface area contributed by atoms with E-state index in [0.29, 0.717) is 29.3 Å². The van der Waals surface area contributed by atoms with E-state index in [4.69, 9.17) is 11.6 Å². The number of nitrogens with zero attached hydrogens (tertiary/aromatic N) is 1. The van der Waals surface area contributed by atoms with Crippen LogP contribution in [0, 0.1) is 6.92 Å². The Morgan fingerprint density at radius 3 is 2.25 bits per heavy atom. The van der Waals surface area contributed by atoms with Crippen LogP contribution in [-0.4, -0.2) is 29.4 Å². The SMILES string of the molecule is Cc1cccc(Cl)c1NC(=O)CN(C(C)C)C(C)C.Cl. The van der Waals surface area contributed by atoms with Gasteiger partial charge in [0, 0.05) is 12.1 Å². The van der Waals surface area contributed by atoms with Crippen LogP contribution in [0.25, 0.3) is 0 Å².